The molecule has 0 aromatic rings. The van der Waals surface area contributed by atoms with Crippen molar-refractivity contribution < 1.29 is 14.6 Å². The van der Waals surface area contributed by atoms with Gasteiger partial charge >= 0.3 is 5.97 Å². The standard InChI is InChI=1S/C8H17NO3/c1-3-12-7(2)6-9-5-4-8(10)11/h7,9H,3-6H2,1-2H3,(H,10,11). The summed E-state index contributed by atoms with van der Waals surface area (Å²) < 4.78 is 5.24. The molecule has 1 atom stereocenters. The third-order valence-corrected chi connectivity index (χ3v) is 1.40. The van der Waals surface area contributed by atoms with Crippen LogP contribution in [0, 0.1) is 0 Å². The SMILES string of the molecule is CCOC(C)CNCCC(=O)O. The topological polar surface area (TPSA) is 58.6 Å². The van der Waals surface area contributed by atoms with E-state index in [1.165, 1.54) is 0 Å². The number of carboxylic acid groups (broad SMARTS) is 1. The number of hydrogen-bond donors (Lipinski definition) is 2. The molecule has 0 aliphatic carbocycles. The molecule has 4 heteroatoms. The van der Waals surface area contributed by atoms with Crippen molar-refractivity contribution in [1.82, 2.24) is 5.32 Å². The van der Waals surface area contributed by atoms with Crippen molar-refractivity contribution in [2.45, 2.75) is 26.4 Å². The second kappa shape index (κ2) is 7.06. The van der Waals surface area contributed by atoms with Gasteiger partial charge in [-0.2, -0.15) is 0 Å². The van der Waals surface area contributed by atoms with Gasteiger partial charge in [-0.3, -0.25) is 4.79 Å². The minimum atomic E-state index is -0.772. The largest absolute Gasteiger partial charge is 0.481 e. The van der Waals surface area contributed by atoms with E-state index in [1.807, 2.05) is 13.8 Å². The smallest absolute Gasteiger partial charge is 0.304 e. The van der Waals surface area contributed by atoms with Gasteiger partial charge in [-0.05, 0) is 13.8 Å². The van der Waals surface area contributed by atoms with Crippen LogP contribution < -0.4 is 5.32 Å². The van der Waals surface area contributed by atoms with Crippen molar-refractivity contribution in [3.05, 3.63) is 0 Å². The number of hydrogen-bond acceptors (Lipinski definition) is 3. The van der Waals surface area contributed by atoms with Crippen LogP contribution in [0.25, 0.3) is 0 Å². The molecule has 12 heavy (non-hydrogen) atoms. The van der Waals surface area contributed by atoms with Crippen molar-refractivity contribution >= 4 is 5.97 Å². The van der Waals surface area contributed by atoms with Gasteiger partial charge in [0.1, 0.15) is 0 Å². The molecular formula is C8H17NO3. The Bertz CT molecular complexity index is 127. The first kappa shape index (κ1) is 11.4. The van der Waals surface area contributed by atoms with Gasteiger partial charge in [0, 0.05) is 19.7 Å². The predicted octanol–water partition coefficient (Wildman–Crippen LogP) is 0.476. The molecule has 0 aliphatic rings. The van der Waals surface area contributed by atoms with Gasteiger partial charge in [0.05, 0.1) is 12.5 Å². The summed E-state index contributed by atoms with van der Waals surface area (Å²) in [5.74, 6) is -0.772. The number of ether oxygens (including phenoxy) is 1. The van der Waals surface area contributed by atoms with Gasteiger partial charge in [0.25, 0.3) is 0 Å². The first-order valence-electron chi connectivity index (χ1n) is 4.21. The summed E-state index contributed by atoms with van der Waals surface area (Å²) in [4.78, 5) is 10.1. The van der Waals surface area contributed by atoms with Crippen LogP contribution in [-0.2, 0) is 9.53 Å². The number of aliphatic carboxylic acids is 1. The Morgan fingerprint density at radius 2 is 2.33 bits per heavy atom. The second-order valence-corrected chi connectivity index (χ2v) is 2.61. The van der Waals surface area contributed by atoms with Crippen LogP contribution in [0.1, 0.15) is 20.3 Å². The monoisotopic (exact) mass is 175 g/mol. The average Bonchev–Trinajstić information content (AvgIpc) is 1.98. The highest BCUT2D eigenvalue weighted by Gasteiger charge is 2.00. The maximum Gasteiger partial charge on any atom is 0.304 e. The van der Waals surface area contributed by atoms with Gasteiger partial charge in [-0.25, -0.2) is 0 Å². The maximum atomic E-state index is 10.1. The van der Waals surface area contributed by atoms with Crippen molar-refractivity contribution in [2.75, 3.05) is 19.7 Å². The van der Waals surface area contributed by atoms with Crippen molar-refractivity contribution in [2.24, 2.45) is 0 Å². The van der Waals surface area contributed by atoms with E-state index in [9.17, 15) is 4.79 Å². The minimum Gasteiger partial charge on any atom is -0.481 e. The molecule has 4 nitrogen and oxygen atoms in total. The summed E-state index contributed by atoms with van der Waals surface area (Å²) in [5, 5.41) is 11.3. The quantitative estimate of drug-likeness (QED) is 0.552. The molecule has 0 spiro atoms. The lowest BCUT2D eigenvalue weighted by Gasteiger charge is -2.11. The first-order chi connectivity index (χ1) is 5.66. The van der Waals surface area contributed by atoms with Gasteiger partial charge in [-0.1, -0.05) is 0 Å². The van der Waals surface area contributed by atoms with Crippen LogP contribution in [-0.4, -0.2) is 36.9 Å². The molecule has 72 valence electrons. The lowest BCUT2D eigenvalue weighted by Crippen LogP contribution is -2.28. The molecule has 0 aliphatic heterocycles. The molecule has 0 heterocycles. The molecule has 0 radical (unpaired) electrons. The summed E-state index contributed by atoms with van der Waals surface area (Å²) in [5.41, 5.74) is 0. The zero-order valence-electron chi connectivity index (χ0n) is 7.67. The zero-order valence-corrected chi connectivity index (χ0v) is 7.67. The van der Waals surface area contributed by atoms with Crippen LogP contribution in [0.2, 0.25) is 0 Å². The lowest BCUT2D eigenvalue weighted by atomic mass is 10.3. The van der Waals surface area contributed by atoms with E-state index < -0.39 is 5.97 Å². The molecule has 0 amide bonds. The van der Waals surface area contributed by atoms with E-state index in [4.69, 9.17) is 9.84 Å². The number of carboxylic acids is 1. The molecule has 0 aromatic carbocycles. The fourth-order valence-electron chi connectivity index (χ4n) is 0.844. The number of nitrogens with one attached hydrogen (secondary N) is 1. The van der Waals surface area contributed by atoms with Crippen molar-refractivity contribution in [1.29, 1.82) is 0 Å². The van der Waals surface area contributed by atoms with E-state index in [-0.39, 0.29) is 12.5 Å². The van der Waals surface area contributed by atoms with Crippen LogP contribution in [0.4, 0.5) is 0 Å². The summed E-state index contributed by atoms with van der Waals surface area (Å²) in [6.07, 6.45) is 0.322. The molecule has 0 bridgehead atoms. The Hall–Kier alpha value is -0.610. The van der Waals surface area contributed by atoms with E-state index in [1.54, 1.807) is 0 Å². The zero-order chi connectivity index (χ0) is 9.40. The Labute approximate surface area is 72.9 Å². The average molecular weight is 175 g/mol. The Balaban J connectivity index is 3.13. The highest BCUT2D eigenvalue weighted by atomic mass is 16.5. The molecular weight excluding hydrogens is 158 g/mol. The molecule has 0 aromatic heterocycles. The lowest BCUT2D eigenvalue weighted by molar-refractivity contribution is -0.136. The van der Waals surface area contributed by atoms with E-state index in [0.717, 1.165) is 0 Å². The van der Waals surface area contributed by atoms with E-state index >= 15 is 0 Å². The molecule has 0 fully saturated rings. The summed E-state index contributed by atoms with van der Waals surface area (Å²) in [6, 6.07) is 0. The molecule has 0 rings (SSSR count). The first-order valence-corrected chi connectivity index (χ1v) is 4.21. The second-order valence-electron chi connectivity index (χ2n) is 2.61. The summed E-state index contributed by atoms with van der Waals surface area (Å²) >= 11 is 0. The number of rotatable bonds is 7. The van der Waals surface area contributed by atoms with E-state index in [0.29, 0.717) is 19.7 Å². The Morgan fingerprint density at radius 1 is 1.67 bits per heavy atom. The summed E-state index contributed by atoms with van der Waals surface area (Å²) in [7, 11) is 0. The van der Waals surface area contributed by atoms with Crippen LogP contribution in [0.3, 0.4) is 0 Å². The normalized spacial score (nSPS) is 12.8. The Morgan fingerprint density at radius 3 is 2.83 bits per heavy atom. The Kier molecular flexibility index (Phi) is 6.70. The molecule has 2 N–H and O–H groups in total. The van der Waals surface area contributed by atoms with Gasteiger partial charge in [0.2, 0.25) is 0 Å². The number of carbonyl (C=O) groups is 1. The van der Waals surface area contributed by atoms with Gasteiger partial charge in [-0.15, -0.1) is 0 Å². The van der Waals surface area contributed by atoms with Crippen molar-refractivity contribution in [3.8, 4) is 0 Å². The highest BCUT2D eigenvalue weighted by Crippen LogP contribution is 1.87. The summed E-state index contributed by atoms with van der Waals surface area (Å²) in [6.45, 7) is 5.81. The third-order valence-electron chi connectivity index (χ3n) is 1.40. The van der Waals surface area contributed by atoms with Crippen LogP contribution in [0.5, 0.6) is 0 Å². The van der Waals surface area contributed by atoms with Crippen LogP contribution >= 0.6 is 0 Å². The fourth-order valence-corrected chi connectivity index (χ4v) is 0.844. The van der Waals surface area contributed by atoms with E-state index in [2.05, 4.69) is 5.32 Å². The fraction of sp³-hybridized carbons (Fsp3) is 0.875. The molecule has 0 saturated heterocycles. The third kappa shape index (κ3) is 7.50. The van der Waals surface area contributed by atoms with Crippen LogP contribution in [0.15, 0.2) is 0 Å². The molecule has 0 saturated carbocycles. The van der Waals surface area contributed by atoms with Gasteiger partial charge < -0.3 is 15.2 Å². The maximum absolute atomic E-state index is 10.1. The van der Waals surface area contributed by atoms with Crippen molar-refractivity contribution in [3.63, 3.8) is 0 Å². The van der Waals surface area contributed by atoms with Gasteiger partial charge in [0.15, 0.2) is 0 Å². The molecule has 1 unspecified atom stereocenters. The minimum absolute atomic E-state index is 0.156. The predicted molar refractivity (Wildman–Crippen MR) is 46.2 cm³/mol. The highest BCUT2D eigenvalue weighted by molar-refractivity contribution is 5.66.